The summed E-state index contributed by atoms with van der Waals surface area (Å²) in [4.78, 5) is 0. The average Bonchev–Trinajstić information content (AvgIpc) is 3.19. The normalized spacial score (nSPS) is 17.1. The summed E-state index contributed by atoms with van der Waals surface area (Å²) >= 11 is 0. The van der Waals surface area contributed by atoms with Crippen LogP contribution >= 0.6 is 0 Å². The van der Waals surface area contributed by atoms with Crippen molar-refractivity contribution in [2.24, 2.45) is 5.92 Å². The first-order valence-corrected chi connectivity index (χ1v) is 7.53. The van der Waals surface area contributed by atoms with E-state index in [1.807, 2.05) is 0 Å². The van der Waals surface area contributed by atoms with Crippen LogP contribution in [0.15, 0.2) is 24.3 Å². The van der Waals surface area contributed by atoms with E-state index in [1.54, 1.807) is 0 Å². The molecule has 1 heteroatoms. The molecule has 0 spiro atoms. The molecule has 2 rings (SSSR count). The summed E-state index contributed by atoms with van der Waals surface area (Å²) in [5.74, 6) is 1.57. The molecule has 1 N–H and O–H groups in total. The van der Waals surface area contributed by atoms with E-state index in [9.17, 15) is 0 Å². The van der Waals surface area contributed by atoms with E-state index < -0.39 is 0 Å². The SMILES string of the molecule is CCCNC(Cc1ccc(C(C)C)cc1)C1CC1. The quantitative estimate of drug-likeness (QED) is 0.761. The summed E-state index contributed by atoms with van der Waals surface area (Å²) < 4.78 is 0. The van der Waals surface area contributed by atoms with Gasteiger partial charge in [-0.05, 0) is 55.2 Å². The van der Waals surface area contributed by atoms with Gasteiger partial charge in [0.05, 0.1) is 0 Å². The number of hydrogen-bond acceptors (Lipinski definition) is 1. The van der Waals surface area contributed by atoms with Crippen LogP contribution in [0.5, 0.6) is 0 Å². The summed E-state index contributed by atoms with van der Waals surface area (Å²) in [7, 11) is 0. The lowest BCUT2D eigenvalue weighted by Gasteiger charge is -2.18. The van der Waals surface area contributed by atoms with Crippen LogP contribution in [0.1, 0.15) is 57.1 Å². The molecular weight excluding hydrogens is 218 g/mol. The molecule has 0 aliphatic heterocycles. The number of nitrogens with one attached hydrogen (secondary N) is 1. The van der Waals surface area contributed by atoms with Crippen molar-refractivity contribution < 1.29 is 0 Å². The molecule has 1 saturated carbocycles. The molecule has 18 heavy (non-hydrogen) atoms. The molecule has 1 aromatic carbocycles. The zero-order valence-electron chi connectivity index (χ0n) is 12.1. The Hall–Kier alpha value is -0.820. The molecule has 1 aliphatic rings. The molecule has 1 atom stereocenters. The molecule has 0 amide bonds. The Morgan fingerprint density at radius 3 is 2.33 bits per heavy atom. The van der Waals surface area contributed by atoms with Crippen LogP contribution in [-0.2, 0) is 6.42 Å². The van der Waals surface area contributed by atoms with Crippen molar-refractivity contribution in [3.8, 4) is 0 Å². The highest BCUT2D eigenvalue weighted by molar-refractivity contribution is 5.25. The summed E-state index contributed by atoms with van der Waals surface area (Å²) in [6.45, 7) is 7.91. The Balaban J connectivity index is 1.93. The standard InChI is InChI=1S/C17H27N/c1-4-11-18-17(16-9-10-16)12-14-5-7-15(8-6-14)13(2)3/h5-8,13,16-18H,4,9-12H2,1-3H3. The zero-order valence-corrected chi connectivity index (χ0v) is 12.1. The molecule has 0 radical (unpaired) electrons. The van der Waals surface area contributed by atoms with Gasteiger partial charge in [0, 0.05) is 6.04 Å². The van der Waals surface area contributed by atoms with Crippen LogP contribution in [0.25, 0.3) is 0 Å². The molecular formula is C17H27N. The third-order valence-electron chi connectivity index (χ3n) is 3.95. The van der Waals surface area contributed by atoms with Gasteiger partial charge in [-0.25, -0.2) is 0 Å². The van der Waals surface area contributed by atoms with Crippen LogP contribution in [-0.4, -0.2) is 12.6 Å². The smallest absolute Gasteiger partial charge is 0.0136 e. The fourth-order valence-electron chi connectivity index (χ4n) is 2.53. The van der Waals surface area contributed by atoms with Gasteiger partial charge in [-0.1, -0.05) is 45.0 Å². The average molecular weight is 245 g/mol. The highest BCUT2D eigenvalue weighted by Crippen LogP contribution is 2.34. The molecule has 0 bridgehead atoms. The predicted octanol–water partition coefficient (Wildman–Crippen LogP) is 4.13. The molecule has 0 aromatic heterocycles. The van der Waals surface area contributed by atoms with Gasteiger partial charge < -0.3 is 5.32 Å². The van der Waals surface area contributed by atoms with Crippen LogP contribution < -0.4 is 5.32 Å². The topological polar surface area (TPSA) is 12.0 Å². The molecule has 1 aliphatic carbocycles. The second-order valence-electron chi connectivity index (χ2n) is 6.00. The minimum absolute atomic E-state index is 0.636. The second-order valence-corrected chi connectivity index (χ2v) is 6.00. The molecule has 0 saturated heterocycles. The second kappa shape index (κ2) is 6.38. The third kappa shape index (κ3) is 3.84. The monoisotopic (exact) mass is 245 g/mol. The van der Waals surface area contributed by atoms with Crippen molar-refractivity contribution in [2.45, 2.75) is 58.4 Å². The van der Waals surface area contributed by atoms with Crippen LogP contribution in [0.3, 0.4) is 0 Å². The molecule has 0 heterocycles. The van der Waals surface area contributed by atoms with Gasteiger partial charge in [-0.15, -0.1) is 0 Å². The van der Waals surface area contributed by atoms with Crippen LogP contribution in [0.4, 0.5) is 0 Å². The zero-order chi connectivity index (χ0) is 13.0. The third-order valence-corrected chi connectivity index (χ3v) is 3.95. The Labute approximate surface area is 112 Å². The Morgan fingerprint density at radius 1 is 1.17 bits per heavy atom. The van der Waals surface area contributed by atoms with Crippen molar-refractivity contribution in [3.63, 3.8) is 0 Å². The van der Waals surface area contributed by atoms with Gasteiger partial charge in [-0.2, -0.15) is 0 Å². The fraction of sp³-hybridized carbons (Fsp3) is 0.647. The van der Waals surface area contributed by atoms with Gasteiger partial charge in [-0.3, -0.25) is 0 Å². The highest BCUT2D eigenvalue weighted by Gasteiger charge is 2.30. The van der Waals surface area contributed by atoms with E-state index >= 15 is 0 Å². The highest BCUT2D eigenvalue weighted by atomic mass is 14.9. The molecule has 1 fully saturated rings. The Morgan fingerprint density at radius 2 is 1.83 bits per heavy atom. The Kier molecular flexibility index (Phi) is 4.82. The summed E-state index contributed by atoms with van der Waals surface area (Å²) in [6, 6.07) is 9.93. The van der Waals surface area contributed by atoms with E-state index in [0.29, 0.717) is 12.0 Å². The summed E-state index contributed by atoms with van der Waals surface area (Å²) in [5, 5.41) is 3.72. The first-order valence-electron chi connectivity index (χ1n) is 7.53. The maximum Gasteiger partial charge on any atom is 0.0136 e. The molecule has 100 valence electrons. The van der Waals surface area contributed by atoms with E-state index in [4.69, 9.17) is 0 Å². The van der Waals surface area contributed by atoms with Gasteiger partial charge in [0.1, 0.15) is 0 Å². The maximum absolute atomic E-state index is 3.72. The van der Waals surface area contributed by atoms with Gasteiger partial charge in [0.25, 0.3) is 0 Å². The van der Waals surface area contributed by atoms with E-state index in [0.717, 1.165) is 12.5 Å². The minimum Gasteiger partial charge on any atom is -0.313 e. The first-order chi connectivity index (χ1) is 8.70. The number of rotatable bonds is 7. The lowest BCUT2D eigenvalue weighted by atomic mass is 9.97. The van der Waals surface area contributed by atoms with Crippen LogP contribution in [0.2, 0.25) is 0 Å². The van der Waals surface area contributed by atoms with Crippen molar-refractivity contribution in [1.29, 1.82) is 0 Å². The summed E-state index contributed by atoms with van der Waals surface area (Å²) in [6.07, 6.45) is 5.27. The molecule has 1 nitrogen and oxygen atoms in total. The lowest BCUT2D eigenvalue weighted by molar-refractivity contribution is 0.460. The van der Waals surface area contributed by atoms with Crippen molar-refractivity contribution in [1.82, 2.24) is 5.32 Å². The van der Waals surface area contributed by atoms with E-state index in [-0.39, 0.29) is 0 Å². The molecule has 1 unspecified atom stereocenters. The minimum atomic E-state index is 0.636. The van der Waals surface area contributed by atoms with Gasteiger partial charge >= 0.3 is 0 Å². The van der Waals surface area contributed by atoms with E-state index in [1.165, 1.54) is 36.8 Å². The number of benzene rings is 1. The van der Waals surface area contributed by atoms with Gasteiger partial charge in [0.2, 0.25) is 0 Å². The summed E-state index contributed by atoms with van der Waals surface area (Å²) in [5.41, 5.74) is 2.93. The largest absolute Gasteiger partial charge is 0.313 e. The Bertz CT molecular complexity index is 348. The van der Waals surface area contributed by atoms with Gasteiger partial charge in [0.15, 0.2) is 0 Å². The number of hydrogen-bond donors (Lipinski definition) is 1. The molecule has 1 aromatic rings. The van der Waals surface area contributed by atoms with Crippen molar-refractivity contribution >= 4 is 0 Å². The first kappa shape index (κ1) is 13.6. The van der Waals surface area contributed by atoms with Crippen molar-refractivity contribution in [3.05, 3.63) is 35.4 Å². The van der Waals surface area contributed by atoms with E-state index in [2.05, 4.69) is 50.4 Å². The maximum atomic E-state index is 3.72. The lowest BCUT2D eigenvalue weighted by Crippen LogP contribution is -2.33. The van der Waals surface area contributed by atoms with Crippen molar-refractivity contribution in [2.75, 3.05) is 6.54 Å². The fourth-order valence-corrected chi connectivity index (χ4v) is 2.53. The predicted molar refractivity (Wildman–Crippen MR) is 79.0 cm³/mol. The van der Waals surface area contributed by atoms with Crippen LogP contribution in [0, 0.1) is 5.92 Å².